The molecule has 0 bridgehead atoms. The fraction of sp³-hybridized carbons (Fsp3) is 0.462. The van der Waals surface area contributed by atoms with E-state index in [2.05, 4.69) is 18.2 Å². The molecule has 80 valence electrons. The number of carbonyl (C=O) groups is 1. The minimum atomic E-state index is 0.589. The van der Waals surface area contributed by atoms with E-state index in [-0.39, 0.29) is 0 Å². The van der Waals surface area contributed by atoms with Crippen LogP contribution in [0.15, 0.2) is 18.2 Å². The Kier molecular flexibility index (Phi) is 3.05. The SMILES string of the molecule is COc1cc(CCC=O)ccc1C1CC1. The molecule has 0 N–H and O–H groups in total. The lowest BCUT2D eigenvalue weighted by Gasteiger charge is -2.09. The summed E-state index contributed by atoms with van der Waals surface area (Å²) >= 11 is 0. The number of rotatable bonds is 5. The average molecular weight is 204 g/mol. The fourth-order valence-corrected chi connectivity index (χ4v) is 1.87. The summed E-state index contributed by atoms with van der Waals surface area (Å²) in [6, 6.07) is 6.33. The Morgan fingerprint density at radius 1 is 1.47 bits per heavy atom. The maximum Gasteiger partial charge on any atom is 0.122 e. The Morgan fingerprint density at radius 3 is 2.87 bits per heavy atom. The highest BCUT2D eigenvalue weighted by atomic mass is 16.5. The van der Waals surface area contributed by atoms with Crippen LogP contribution in [0.1, 0.15) is 36.3 Å². The van der Waals surface area contributed by atoms with Crippen LogP contribution in [0.5, 0.6) is 5.75 Å². The van der Waals surface area contributed by atoms with Crippen molar-refractivity contribution in [1.82, 2.24) is 0 Å². The lowest BCUT2D eigenvalue weighted by Crippen LogP contribution is -1.93. The highest BCUT2D eigenvalue weighted by Crippen LogP contribution is 2.44. The second kappa shape index (κ2) is 4.47. The van der Waals surface area contributed by atoms with Crippen LogP contribution in [0.4, 0.5) is 0 Å². The molecule has 1 saturated carbocycles. The third kappa shape index (κ3) is 2.38. The molecule has 0 spiro atoms. The number of ether oxygens (including phenoxy) is 1. The van der Waals surface area contributed by atoms with Gasteiger partial charge in [-0.15, -0.1) is 0 Å². The summed E-state index contributed by atoms with van der Waals surface area (Å²) < 4.78 is 5.38. The van der Waals surface area contributed by atoms with Gasteiger partial charge in [0.15, 0.2) is 0 Å². The first-order chi connectivity index (χ1) is 7.35. The summed E-state index contributed by atoms with van der Waals surface area (Å²) in [5.41, 5.74) is 2.51. The zero-order valence-electron chi connectivity index (χ0n) is 9.03. The smallest absolute Gasteiger partial charge is 0.122 e. The van der Waals surface area contributed by atoms with E-state index in [1.165, 1.54) is 24.0 Å². The maximum atomic E-state index is 10.3. The van der Waals surface area contributed by atoms with Gasteiger partial charge in [-0.3, -0.25) is 0 Å². The van der Waals surface area contributed by atoms with Crippen molar-refractivity contribution in [3.8, 4) is 5.75 Å². The molecule has 0 saturated heterocycles. The van der Waals surface area contributed by atoms with E-state index in [4.69, 9.17) is 4.74 Å². The van der Waals surface area contributed by atoms with Gasteiger partial charge in [0, 0.05) is 6.42 Å². The predicted octanol–water partition coefficient (Wildman–Crippen LogP) is 2.70. The molecule has 2 nitrogen and oxygen atoms in total. The molecular weight excluding hydrogens is 188 g/mol. The van der Waals surface area contributed by atoms with Crippen molar-refractivity contribution in [3.05, 3.63) is 29.3 Å². The standard InChI is InChI=1S/C13H16O2/c1-15-13-9-10(3-2-8-14)4-7-12(13)11-5-6-11/h4,7-9,11H,2-3,5-6H2,1H3. The van der Waals surface area contributed by atoms with Crippen molar-refractivity contribution < 1.29 is 9.53 Å². The van der Waals surface area contributed by atoms with Crippen molar-refractivity contribution >= 4 is 6.29 Å². The zero-order valence-corrected chi connectivity index (χ0v) is 9.03. The normalized spacial score (nSPS) is 15.0. The first kappa shape index (κ1) is 10.2. The van der Waals surface area contributed by atoms with Gasteiger partial charge in [-0.25, -0.2) is 0 Å². The number of hydrogen-bond acceptors (Lipinski definition) is 2. The Balaban J connectivity index is 2.17. The van der Waals surface area contributed by atoms with Gasteiger partial charge in [-0.1, -0.05) is 12.1 Å². The van der Waals surface area contributed by atoms with Crippen LogP contribution in [0, 0.1) is 0 Å². The van der Waals surface area contributed by atoms with Crippen molar-refractivity contribution in [3.63, 3.8) is 0 Å². The van der Waals surface area contributed by atoms with Crippen molar-refractivity contribution in [2.75, 3.05) is 7.11 Å². The molecule has 1 aliphatic rings. The molecule has 1 aromatic rings. The number of hydrogen-bond donors (Lipinski definition) is 0. The van der Waals surface area contributed by atoms with E-state index in [1.807, 2.05) is 0 Å². The minimum absolute atomic E-state index is 0.589. The molecule has 0 unspecified atom stereocenters. The van der Waals surface area contributed by atoms with Gasteiger partial charge in [-0.2, -0.15) is 0 Å². The maximum absolute atomic E-state index is 10.3. The predicted molar refractivity (Wildman–Crippen MR) is 59.4 cm³/mol. The molecule has 0 aromatic heterocycles. The van der Waals surface area contributed by atoms with E-state index in [9.17, 15) is 4.79 Å². The van der Waals surface area contributed by atoms with Gasteiger partial charge >= 0.3 is 0 Å². The van der Waals surface area contributed by atoms with Crippen LogP contribution in [0.3, 0.4) is 0 Å². The van der Waals surface area contributed by atoms with E-state index >= 15 is 0 Å². The molecule has 0 aliphatic heterocycles. The van der Waals surface area contributed by atoms with Crippen LogP contribution in [-0.2, 0) is 11.2 Å². The Bertz CT molecular complexity index is 354. The molecule has 0 atom stereocenters. The lowest BCUT2D eigenvalue weighted by atomic mass is 10.0. The summed E-state index contributed by atoms with van der Waals surface area (Å²) in [5.74, 6) is 1.70. The number of methoxy groups -OCH3 is 1. The number of aldehydes is 1. The van der Waals surface area contributed by atoms with E-state index < -0.39 is 0 Å². The Morgan fingerprint density at radius 2 is 2.27 bits per heavy atom. The van der Waals surface area contributed by atoms with Crippen LogP contribution < -0.4 is 4.74 Å². The molecular formula is C13H16O2. The molecule has 1 aliphatic carbocycles. The highest BCUT2D eigenvalue weighted by Gasteiger charge is 2.26. The van der Waals surface area contributed by atoms with Gasteiger partial charge in [0.05, 0.1) is 7.11 Å². The van der Waals surface area contributed by atoms with Gasteiger partial charge in [0.2, 0.25) is 0 Å². The van der Waals surface area contributed by atoms with Crippen molar-refractivity contribution in [2.24, 2.45) is 0 Å². The summed E-state index contributed by atoms with van der Waals surface area (Å²) in [6.07, 6.45) is 4.92. The summed E-state index contributed by atoms with van der Waals surface area (Å²) in [6.45, 7) is 0. The van der Waals surface area contributed by atoms with Gasteiger partial charge in [0.1, 0.15) is 12.0 Å². The lowest BCUT2D eigenvalue weighted by molar-refractivity contribution is -0.107. The summed E-state index contributed by atoms with van der Waals surface area (Å²) in [4.78, 5) is 10.3. The molecule has 1 aromatic carbocycles. The van der Waals surface area contributed by atoms with Gasteiger partial charge in [-0.05, 0) is 42.4 Å². The van der Waals surface area contributed by atoms with Crippen molar-refractivity contribution in [1.29, 1.82) is 0 Å². The van der Waals surface area contributed by atoms with Crippen LogP contribution in [0.25, 0.3) is 0 Å². The van der Waals surface area contributed by atoms with E-state index in [0.717, 1.165) is 18.5 Å². The quantitative estimate of drug-likeness (QED) is 0.689. The third-order valence-corrected chi connectivity index (χ3v) is 2.87. The van der Waals surface area contributed by atoms with Crippen molar-refractivity contribution in [2.45, 2.75) is 31.6 Å². The highest BCUT2D eigenvalue weighted by molar-refractivity contribution is 5.50. The monoisotopic (exact) mass is 204 g/mol. The first-order valence-corrected chi connectivity index (χ1v) is 5.45. The Labute approximate surface area is 90.3 Å². The molecule has 0 heterocycles. The number of benzene rings is 1. The second-order valence-corrected chi connectivity index (χ2v) is 4.06. The second-order valence-electron chi connectivity index (χ2n) is 4.06. The minimum Gasteiger partial charge on any atom is -0.496 e. The van der Waals surface area contributed by atoms with Crippen LogP contribution in [-0.4, -0.2) is 13.4 Å². The molecule has 2 heteroatoms. The molecule has 1 fully saturated rings. The van der Waals surface area contributed by atoms with Gasteiger partial charge in [0.25, 0.3) is 0 Å². The van der Waals surface area contributed by atoms with E-state index in [1.54, 1.807) is 7.11 Å². The van der Waals surface area contributed by atoms with Crippen LogP contribution in [0.2, 0.25) is 0 Å². The molecule has 2 rings (SSSR count). The topological polar surface area (TPSA) is 26.3 Å². The fourth-order valence-electron chi connectivity index (χ4n) is 1.87. The number of carbonyl (C=O) groups excluding carboxylic acids is 1. The average Bonchev–Trinajstić information content (AvgIpc) is 3.09. The Hall–Kier alpha value is -1.31. The first-order valence-electron chi connectivity index (χ1n) is 5.45. The van der Waals surface area contributed by atoms with Gasteiger partial charge < -0.3 is 9.53 Å². The molecule has 0 radical (unpaired) electrons. The molecule has 15 heavy (non-hydrogen) atoms. The summed E-state index contributed by atoms with van der Waals surface area (Å²) in [7, 11) is 1.71. The van der Waals surface area contributed by atoms with Crippen LogP contribution >= 0.6 is 0 Å². The van der Waals surface area contributed by atoms with E-state index in [0.29, 0.717) is 12.3 Å². The third-order valence-electron chi connectivity index (χ3n) is 2.87. The largest absolute Gasteiger partial charge is 0.496 e. The number of aryl methyl sites for hydroxylation is 1. The zero-order chi connectivity index (χ0) is 10.7. The molecule has 0 amide bonds. The summed E-state index contributed by atoms with van der Waals surface area (Å²) in [5, 5.41) is 0.